The van der Waals surface area contributed by atoms with Gasteiger partial charge in [0.15, 0.2) is 0 Å². The van der Waals surface area contributed by atoms with Gasteiger partial charge in [-0.1, -0.05) is 29.3 Å². The van der Waals surface area contributed by atoms with E-state index in [1.165, 1.54) is 6.07 Å². The molecule has 1 atom stereocenters. The van der Waals surface area contributed by atoms with Gasteiger partial charge < -0.3 is 16.0 Å². The summed E-state index contributed by atoms with van der Waals surface area (Å²) in [6.45, 7) is 2.26. The molecule has 1 aromatic heterocycles. The maximum atomic E-state index is 13.5. The Morgan fingerprint density at radius 1 is 1.31 bits per heavy atom. The maximum absolute atomic E-state index is 13.5. The summed E-state index contributed by atoms with van der Waals surface area (Å²) in [6, 6.07) is 7.63. The summed E-state index contributed by atoms with van der Waals surface area (Å²) >= 11 is 11.9. The number of nitrogens with two attached hydrogens (primary N) is 1. The molecule has 0 aliphatic carbocycles. The zero-order valence-corrected chi connectivity index (χ0v) is 15.5. The molecule has 1 aromatic carbocycles. The number of carbonyl (C=O) groups is 1. The van der Waals surface area contributed by atoms with Crippen LogP contribution in [0.3, 0.4) is 0 Å². The van der Waals surface area contributed by atoms with Gasteiger partial charge in [-0.3, -0.25) is 4.79 Å². The van der Waals surface area contributed by atoms with E-state index in [4.69, 9.17) is 28.9 Å². The number of benzene rings is 1. The SMILES string of the molecule is CC1C(N)=C(Nc2ccccn2)CCN1C(=O)c1ccc(F)c(Cl)c1Cl. The highest BCUT2D eigenvalue weighted by Crippen LogP contribution is 2.31. The Balaban J connectivity index is 1.84. The molecule has 1 aliphatic heterocycles. The van der Waals surface area contributed by atoms with Crippen molar-refractivity contribution in [2.24, 2.45) is 5.73 Å². The highest BCUT2D eigenvalue weighted by molar-refractivity contribution is 6.44. The molecule has 2 aromatic rings. The van der Waals surface area contributed by atoms with Gasteiger partial charge in [0.1, 0.15) is 11.6 Å². The Hall–Kier alpha value is -2.31. The van der Waals surface area contributed by atoms with Gasteiger partial charge in [0.05, 0.1) is 27.3 Å². The molecule has 26 heavy (non-hydrogen) atoms. The molecule has 0 saturated carbocycles. The van der Waals surface area contributed by atoms with Gasteiger partial charge in [-0.25, -0.2) is 9.37 Å². The average Bonchev–Trinajstić information content (AvgIpc) is 2.64. The van der Waals surface area contributed by atoms with Gasteiger partial charge in [0.25, 0.3) is 5.91 Å². The largest absolute Gasteiger partial charge is 0.399 e. The number of anilines is 1. The van der Waals surface area contributed by atoms with Crippen molar-refractivity contribution in [1.29, 1.82) is 0 Å². The molecule has 2 heterocycles. The van der Waals surface area contributed by atoms with E-state index in [1.54, 1.807) is 11.1 Å². The number of rotatable bonds is 3. The number of hydrogen-bond donors (Lipinski definition) is 2. The second kappa shape index (κ2) is 7.51. The van der Waals surface area contributed by atoms with Crippen LogP contribution in [0.15, 0.2) is 47.9 Å². The lowest BCUT2D eigenvalue weighted by Gasteiger charge is -2.35. The Kier molecular flexibility index (Phi) is 5.34. The predicted octanol–water partition coefficient (Wildman–Crippen LogP) is 4.04. The minimum absolute atomic E-state index is 0.0937. The summed E-state index contributed by atoms with van der Waals surface area (Å²) in [6.07, 6.45) is 2.21. The molecule has 1 unspecified atom stereocenters. The number of halogens is 3. The smallest absolute Gasteiger partial charge is 0.255 e. The average molecular weight is 395 g/mol. The van der Waals surface area contributed by atoms with Crippen LogP contribution in [0.25, 0.3) is 0 Å². The summed E-state index contributed by atoms with van der Waals surface area (Å²) in [5, 5.41) is 2.84. The van der Waals surface area contributed by atoms with Gasteiger partial charge in [0, 0.05) is 24.9 Å². The fraction of sp³-hybridized carbons (Fsp3) is 0.222. The first-order chi connectivity index (χ1) is 12.4. The van der Waals surface area contributed by atoms with Crippen LogP contribution in [0.5, 0.6) is 0 Å². The molecule has 3 rings (SSSR count). The first-order valence-electron chi connectivity index (χ1n) is 8.01. The van der Waals surface area contributed by atoms with E-state index in [0.29, 0.717) is 24.5 Å². The lowest BCUT2D eigenvalue weighted by Crippen LogP contribution is -2.46. The molecule has 0 radical (unpaired) electrons. The molecule has 5 nitrogen and oxygen atoms in total. The normalized spacial score (nSPS) is 17.4. The number of pyridine rings is 1. The number of aromatic nitrogens is 1. The first kappa shape index (κ1) is 18.5. The Morgan fingerprint density at radius 2 is 2.08 bits per heavy atom. The summed E-state index contributed by atoms with van der Waals surface area (Å²) in [5.74, 6) is -0.323. The summed E-state index contributed by atoms with van der Waals surface area (Å²) in [5.41, 5.74) is 7.76. The van der Waals surface area contributed by atoms with Crippen LogP contribution in [-0.2, 0) is 0 Å². The molecule has 3 N–H and O–H groups in total. The van der Waals surface area contributed by atoms with Crippen LogP contribution in [0.4, 0.5) is 10.2 Å². The minimum atomic E-state index is -0.666. The third kappa shape index (κ3) is 3.48. The van der Waals surface area contributed by atoms with Crippen molar-refractivity contribution < 1.29 is 9.18 Å². The molecule has 0 fully saturated rings. The summed E-state index contributed by atoms with van der Waals surface area (Å²) in [4.78, 5) is 18.7. The highest BCUT2D eigenvalue weighted by Gasteiger charge is 2.30. The molecule has 0 spiro atoms. The van der Waals surface area contributed by atoms with Crippen molar-refractivity contribution in [2.45, 2.75) is 19.4 Å². The summed E-state index contributed by atoms with van der Waals surface area (Å²) in [7, 11) is 0. The van der Waals surface area contributed by atoms with E-state index in [-0.39, 0.29) is 27.6 Å². The molecular weight excluding hydrogens is 378 g/mol. The van der Waals surface area contributed by atoms with E-state index in [1.807, 2.05) is 25.1 Å². The van der Waals surface area contributed by atoms with E-state index in [0.717, 1.165) is 11.8 Å². The van der Waals surface area contributed by atoms with Gasteiger partial charge in [-0.2, -0.15) is 0 Å². The van der Waals surface area contributed by atoms with Crippen LogP contribution in [0.1, 0.15) is 23.7 Å². The van der Waals surface area contributed by atoms with Gasteiger partial charge >= 0.3 is 0 Å². The van der Waals surface area contributed by atoms with Crippen molar-refractivity contribution in [3.8, 4) is 0 Å². The van der Waals surface area contributed by atoms with Gasteiger partial charge in [0.2, 0.25) is 0 Å². The maximum Gasteiger partial charge on any atom is 0.255 e. The van der Waals surface area contributed by atoms with Crippen molar-refractivity contribution in [3.63, 3.8) is 0 Å². The Bertz CT molecular complexity index is 873. The van der Waals surface area contributed by atoms with Crippen molar-refractivity contribution in [2.75, 3.05) is 11.9 Å². The quantitative estimate of drug-likeness (QED) is 0.770. The molecule has 0 bridgehead atoms. The lowest BCUT2D eigenvalue weighted by molar-refractivity contribution is 0.0705. The second-order valence-electron chi connectivity index (χ2n) is 5.92. The summed E-state index contributed by atoms with van der Waals surface area (Å²) < 4.78 is 13.5. The number of nitrogens with zero attached hydrogens (tertiary/aromatic N) is 2. The topological polar surface area (TPSA) is 71.2 Å². The van der Waals surface area contributed by atoms with Crippen LogP contribution in [-0.4, -0.2) is 28.4 Å². The standard InChI is InChI=1S/C18H17Cl2FN4O/c1-10-17(22)13(24-14-4-2-3-8-23-14)7-9-25(10)18(26)11-5-6-12(21)16(20)15(11)19/h2-6,8,10H,7,9,22H2,1H3,(H,23,24). The molecule has 1 amide bonds. The van der Waals surface area contributed by atoms with E-state index in [9.17, 15) is 9.18 Å². The van der Waals surface area contributed by atoms with Crippen LogP contribution in [0.2, 0.25) is 10.0 Å². The fourth-order valence-corrected chi connectivity index (χ4v) is 3.24. The predicted molar refractivity (Wildman–Crippen MR) is 101 cm³/mol. The lowest BCUT2D eigenvalue weighted by atomic mass is 10.0. The van der Waals surface area contributed by atoms with E-state index < -0.39 is 5.82 Å². The van der Waals surface area contributed by atoms with E-state index >= 15 is 0 Å². The number of carbonyl (C=O) groups excluding carboxylic acids is 1. The molecular formula is C18H17Cl2FN4O. The molecule has 1 aliphatic rings. The molecule has 136 valence electrons. The number of amides is 1. The van der Waals surface area contributed by atoms with Gasteiger partial charge in [-0.15, -0.1) is 0 Å². The fourth-order valence-electron chi connectivity index (χ4n) is 2.84. The monoisotopic (exact) mass is 394 g/mol. The number of nitrogens with one attached hydrogen (secondary N) is 1. The van der Waals surface area contributed by atoms with Crippen molar-refractivity contribution >= 4 is 34.9 Å². The Morgan fingerprint density at radius 3 is 2.77 bits per heavy atom. The van der Waals surface area contributed by atoms with Crippen LogP contribution >= 0.6 is 23.2 Å². The zero-order valence-electron chi connectivity index (χ0n) is 14.0. The van der Waals surface area contributed by atoms with Crippen LogP contribution < -0.4 is 11.1 Å². The number of hydrogen-bond acceptors (Lipinski definition) is 4. The third-order valence-electron chi connectivity index (χ3n) is 4.34. The third-order valence-corrected chi connectivity index (χ3v) is 5.20. The highest BCUT2D eigenvalue weighted by atomic mass is 35.5. The second-order valence-corrected chi connectivity index (χ2v) is 6.68. The van der Waals surface area contributed by atoms with Crippen molar-refractivity contribution in [1.82, 2.24) is 9.88 Å². The van der Waals surface area contributed by atoms with Crippen LogP contribution in [0, 0.1) is 5.82 Å². The Labute approximate surface area is 160 Å². The van der Waals surface area contributed by atoms with E-state index in [2.05, 4.69) is 10.3 Å². The van der Waals surface area contributed by atoms with Gasteiger partial charge in [-0.05, 0) is 31.2 Å². The first-order valence-corrected chi connectivity index (χ1v) is 8.76. The van der Waals surface area contributed by atoms with Crippen molar-refractivity contribution in [3.05, 3.63) is 69.3 Å². The molecule has 0 saturated heterocycles. The zero-order chi connectivity index (χ0) is 18.8. The minimum Gasteiger partial charge on any atom is -0.399 e. The molecule has 8 heteroatoms.